The number of nitrogens with zero attached hydrogens (tertiary/aromatic N) is 1. The standard InChI is InChI=1S/C15H25Cl2N5O3/c16-9-5-8(15(24)25)12(6-10(9)17)19-14(23)11-1-2-13(21-20-11)22-4-3-18-7-22/h8-13,18,20-21H,1-7H2,(H,19,23)(H,24,25). The highest BCUT2D eigenvalue weighted by molar-refractivity contribution is 6.30. The maximum absolute atomic E-state index is 12.5. The first-order chi connectivity index (χ1) is 12.0. The summed E-state index contributed by atoms with van der Waals surface area (Å²) in [7, 11) is 0. The third-order valence-electron chi connectivity index (χ3n) is 5.28. The average Bonchev–Trinajstić information content (AvgIpc) is 3.12. The van der Waals surface area contributed by atoms with E-state index in [1.165, 1.54) is 0 Å². The van der Waals surface area contributed by atoms with Crippen LogP contribution >= 0.6 is 23.2 Å². The van der Waals surface area contributed by atoms with Crippen molar-refractivity contribution in [3.05, 3.63) is 0 Å². The summed E-state index contributed by atoms with van der Waals surface area (Å²) in [5.41, 5.74) is 6.25. The van der Waals surface area contributed by atoms with Gasteiger partial charge in [-0.1, -0.05) is 0 Å². The Balaban J connectivity index is 1.52. The Labute approximate surface area is 156 Å². The van der Waals surface area contributed by atoms with E-state index in [0.717, 1.165) is 26.2 Å². The van der Waals surface area contributed by atoms with E-state index in [4.69, 9.17) is 23.2 Å². The molecule has 142 valence electrons. The van der Waals surface area contributed by atoms with E-state index >= 15 is 0 Å². The number of halogens is 2. The van der Waals surface area contributed by atoms with Gasteiger partial charge in [0.25, 0.3) is 0 Å². The van der Waals surface area contributed by atoms with Crippen molar-refractivity contribution in [2.45, 2.75) is 54.7 Å². The summed E-state index contributed by atoms with van der Waals surface area (Å²) >= 11 is 12.3. The zero-order chi connectivity index (χ0) is 18.0. The monoisotopic (exact) mass is 393 g/mol. The molecular formula is C15H25Cl2N5O3. The number of hydrogen-bond acceptors (Lipinski definition) is 6. The molecule has 0 aromatic heterocycles. The van der Waals surface area contributed by atoms with E-state index in [-0.39, 0.29) is 35.3 Å². The number of hydrogen-bond donors (Lipinski definition) is 5. The van der Waals surface area contributed by atoms with Gasteiger partial charge in [0.2, 0.25) is 5.91 Å². The van der Waals surface area contributed by atoms with Crippen molar-refractivity contribution in [1.29, 1.82) is 0 Å². The highest BCUT2D eigenvalue weighted by Crippen LogP contribution is 2.32. The highest BCUT2D eigenvalue weighted by atomic mass is 35.5. The largest absolute Gasteiger partial charge is 0.481 e. The molecule has 8 nitrogen and oxygen atoms in total. The minimum absolute atomic E-state index is 0.196. The molecule has 0 aromatic carbocycles. The van der Waals surface area contributed by atoms with Gasteiger partial charge in [-0.2, -0.15) is 0 Å². The minimum Gasteiger partial charge on any atom is -0.481 e. The number of alkyl halides is 2. The van der Waals surface area contributed by atoms with Gasteiger partial charge in [0.05, 0.1) is 22.8 Å². The topological polar surface area (TPSA) is 106 Å². The van der Waals surface area contributed by atoms with Gasteiger partial charge in [0, 0.05) is 25.8 Å². The van der Waals surface area contributed by atoms with Crippen LogP contribution in [0, 0.1) is 5.92 Å². The van der Waals surface area contributed by atoms with E-state index in [9.17, 15) is 14.7 Å². The summed E-state index contributed by atoms with van der Waals surface area (Å²) in [6.45, 7) is 2.80. The lowest BCUT2D eigenvalue weighted by atomic mass is 9.83. The molecule has 3 rings (SSSR count). The van der Waals surface area contributed by atoms with Gasteiger partial charge in [-0.3, -0.25) is 14.5 Å². The molecule has 0 bridgehead atoms. The van der Waals surface area contributed by atoms with Gasteiger partial charge < -0.3 is 15.7 Å². The zero-order valence-electron chi connectivity index (χ0n) is 13.9. The lowest BCUT2D eigenvalue weighted by Crippen LogP contribution is -2.63. The van der Waals surface area contributed by atoms with E-state index in [1.807, 2.05) is 0 Å². The average molecular weight is 394 g/mol. The molecule has 3 fully saturated rings. The number of carboxylic acid groups (broad SMARTS) is 1. The van der Waals surface area contributed by atoms with Crippen LogP contribution in [0.3, 0.4) is 0 Å². The second-order valence-electron chi connectivity index (χ2n) is 6.97. The fraction of sp³-hybridized carbons (Fsp3) is 0.867. The van der Waals surface area contributed by atoms with E-state index in [2.05, 4.69) is 26.4 Å². The van der Waals surface area contributed by atoms with Gasteiger partial charge in [-0.05, 0) is 25.7 Å². The molecule has 0 radical (unpaired) electrons. The summed E-state index contributed by atoms with van der Waals surface area (Å²) in [5, 5.41) is 14.8. The van der Waals surface area contributed by atoms with E-state index in [0.29, 0.717) is 12.8 Å². The number of carboxylic acids is 1. The van der Waals surface area contributed by atoms with Crippen molar-refractivity contribution in [2.24, 2.45) is 5.92 Å². The molecule has 25 heavy (non-hydrogen) atoms. The Hall–Kier alpha value is -0.640. The molecule has 2 heterocycles. The Kier molecular flexibility index (Phi) is 6.40. The maximum atomic E-state index is 12.5. The lowest BCUT2D eigenvalue weighted by molar-refractivity contribution is -0.144. The van der Waals surface area contributed by atoms with E-state index < -0.39 is 17.9 Å². The summed E-state index contributed by atoms with van der Waals surface area (Å²) in [6.07, 6.45) is 2.36. The lowest BCUT2D eigenvalue weighted by Gasteiger charge is -2.38. The van der Waals surface area contributed by atoms with Crippen LogP contribution in [0.15, 0.2) is 0 Å². The molecule has 1 saturated carbocycles. The number of rotatable bonds is 4. The number of carbonyl (C=O) groups excluding carboxylic acids is 1. The maximum Gasteiger partial charge on any atom is 0.308 e. The predicted octanol–water partition coefficient (Wildman–Crippen LogP) is -0.374. The van der Waals surface area contributed by atoms with Crippen molar-refractivity contribution in [2.75, 3.05) is 19.8 Å². The van der Waals surface area contributed by atoms with Crippen molar-refractivity contribution in [3.8, 4) is 0 Å². The Morgan fingerprint density at radius 2 is 1.88 bits per heavy atom. The molecule has 6 atom stereocenters. The number of aliphatic carboxylic acids is 1. The normalized spacial score (nSPS) is 39.9. The first-order valence-corrected chi connectivity index (χ1v) is 9.60. The van der Waals surface area contributed by atoms with Gasteiger partial charge in [0.1, 0.15) is 6.04 Å². The Bertz CT molecular complexity index is 498. The van der Waals surface area contributed by atoms with E-state index in [1.54, 1.807) is 0 Å². The number of amides is 1. The quantitative estimate of drug-likeness (QED) is 0.414. The van der Waals surface area contributed by atoms with Crippen LogP contribution < -0.4 is 21.5 Å². The third-order valence-corrected chi connectivity index (χ3v) is 6.38. The van der Waals surface area contributed by atoms with Crippen molar-refractivity contribution in [1.82, 2.24) is 26.4 Å². The highest BCUT2D eigenvalue weighted by Gasteiger charge is 2.41. The van der Waals surface area contributed by atoms with Gasteiger partial charge in [-0.15, -0.1) is 23.2 Å². The smallest absolute Gasteiger partial charge is 0.308 e. The summed E-state index contributed by atoms with van der Waals surface area (Å²) in [4.78, 5) is 26.3. The first kappa shape index (κ1) is 19.1. The summed E-state index contributed by atoms with van der Waals surface area (Å²) < 4.78 is 0. The molecule has 0 spiro atoms. The second-order valence-corrected chi connectivity index (χ2v) is 8.09. The Morgan fingerprint density at radius 3 is 2.48 bits per heavy atom. The van der Waals surface area contributed by atoms with Crippen molar-refractivity contribution in [3.63, 3.8) is 0 Å². The number of nitrogens with one attached hydrogen (secondary N) is 4. The molecule has 10 heteroatoms. The molecule has 0 aromatic rings. The fourth-order valence-electron chi connectivity index (χ4n) is 3.75. The van der Waals surface area contributed by atoms with Crippen LogP contribution in [0.2, 0.25) is 0 Å². The molecule has 6 unspecified atom stereocenters. The van der Waals surface area contributed by atoms with Crippen LogP contribution in [0.4, 0.5) is 0 Å². The van der Waals surface area contributed by atoms with Crippen LogP contribution in [0.5, 0.6) is 0 Å². The molecule has 2 saturated heterocycles. The Morgan fingerprint density at radius 1 is 1.12 bits per heavy atom. The summed E-state index contributed by atoms with van der Waals surface area (Å²) in [5.74, 6) is -1.85. The second kappa shape index (κ2) is 8.37. The number of hydrazine groups is 1. The zero-order valence-corrected chi connectivity index (χ0v) is 15.4. The molecule has 3 aliphatic rings. The van der Waals surface area contributed by atoms with Crippen molar-refractivity contribution < 1.29 is 14.7 Å². The van der Waals surface area contributed by atoms with Crippen LogP contribution in [0.1, 0.15) is 25.7 Å². The fourth-order valence-corrected chi connectivity index (χ4v) is 4.34. The number of carbonyl (C=O) groups is 2. The molecule has 1 amide bonds. The van der Waals surface area contributed by atoms with Crippen LogP contribution in [-0.2, 0) is 9.59 Å². The van der Waals surface area contributed by atoms with Gasteiger partial charge in [-0.25, -0.2) is 10.9 Å². The third kappa shape index (κ3) is 4.56. The van der Waals surface area contributed by atoms with Gasteiger partial charge in [0.15, 0.2) is 0 Å². The predicted molar refractivity (Wildman–Crippen MR) is 94.2 cm³/mol. The SMILES string of the molecule is O=C(NC1CC(Cl)C(Cl)CC1C(=O)O)C1CCC(N2CCNC2)NN1. The van der Waals surface area contributed by atoms with Crippen LogP contribution in [-0.4, -0.2) is 70.6 Å². The molecule has 5 N–H and O–H groups in total. The molecular weight excluding hydrogens is 369 g/mol. The van der Waals surface area contributed by atoms with Crippen LogP contribution in [0.25, 0.3) is 0 Å². The molecule has 2 aliphatic heterocycles. The van der Waals surface area contributed by atoms with Crippen molar-refractivity contribution >= 4 is 35.1 Å². The first-order valence-electron chi connectivity index (χ1n) is 8.73. The van der Waals surface area contributed by atoms with Gasteiger partial charge >= 0.3 is 5.97 Å². The summed E-state index contributed by atoms with van der Waals surface area (Å²) in [6, 6.07) is -0.881. The minimum atomic E-state index is -0.948. The molecule has 1 aliphatic carbocycles.